The van der Waals surface area contributed by atoms with Gasteiger partial charge in [0.05, 0.1) is 25.5 Å². The Morgan fingerprint density at radius 1 is 1.17 bits per heavy atom. The van der Waals surface area contributed by atoms with Gasteiger partial charge in [-0.15, -0.1) is 0 Å². The largest absolute Gasteiger partial charge is 0.394 e. The van der Waals surface area contributed by atoms with E-state index in [1.165, 1.54) is 0 Å². The van der Waals surface area contributed by atoms with E-state index >= 15 is 0 Å². The molecule has 0 radical (unpaired) electrons. The molecule has 0 aliphatic rings. The molecule has 0 saturated heterocycles. The van der Waals surface area contributed by atoms with Gasteiger partial charge in [0.25, 0.3) is 0 Å². The number of hydrogen-bond donors (Lipinski definition) is 5. The van der Waals surface area contributed by atoms with E-state index in [2.05, 4.69) is 0 Å². The molecule has 0 fully saturated rings. The zero-order valence-corrected chi connectivity index (χ0v) is 11.2. The maximum absolute atomic E-state index is 10.9. The minimum absolute atomic E-state index is 0.0491. The van der Waals surface area contributed by atoms with E-state index in [0.29, 0.717) is 4.90 Å². The van der Waals surface area contributed by atoms with Crippen LogP contribution in [-0.4, -0.2) is 69.3 Å². The molecule has 0 aromatic heterocycles. The molecule has 0 aromatic rings. The third-order valence-electron chi connectivity index (χ3n) is 2.67. The first-order valence-electron chi connectivity index (χ1n) is 5.38. The van der Waals surface area contributed by atoms with Crippen LogP contribution in [0, 0.1) is 5.92 Å². The molecule has 0 bridgehead atoms. The SMILES string of the molecule is CC(C)CC(CO)(CO)N(CO)C(O)S(=O)(=O)O. The van der Waals surface area contributed by atoms with Gasteiger partial charge in [-0.3, -0.25) is 4.55 Å². The van der Waals surface area contributed by atoms with E-state index in [4.69, 9.17) is 9.66 Å². The smallest absolute Gasteiger partial charge is 0.306 e. The van der Waals surface area contributed by atoms with Crippen LogP contribution >= 0.6 is 0 Å². The van der Waals surface area contributed by atoms with Crippen molar-refractivity contribution in [1.82, 2.24) is 4.90 Å². The molecular formula is C9H21NO7S. The molecule has 0 aromatic carbocycles. The molecular weight excluding hydrogens is 266 g/mol. The minimum atomic E-state index is -4.85. The monoisotopic (exact) mass is 287 g/mol. The number of aliphatic hydroxyl groups excluding tert-OH is 4. The van der Waals surface area contributed by atoms with Crippen LogP contribution in [0.1, 0.15) is 20.3 Å². The lowest BCUT2D eigenvalue weighted by Gasteiger charge is -2.42. The molecule has 0 heterocycles. The van der Waals surface area contributed by atoms with Crippen LogP contribution < -0.4 is 0 Å². The molecule has 0 aliphatic carbocycles. The molecule has 8 nitrogen and oxygen atoms in total. The van der Waals surface area contributed by atoms with Gasteiger partial charge in [0.2, 0.25) is 5.56 Å². The van der Waals surface area contributed by atoms with Crippen molar-refractivity contribution in [3.8, 4) is 0 Å². The highest BCUT2D eigenvalue weighted by Gasteiger charge is 2.43. The fourth-order valence-corrected chi connectivity index (χ4v) is 2.46. The minimum Gasteiger partial charge on any atom is -0.394 e. The number of rotatable bonds is 8. The van der Waals surface area contributed by atoms with E-state index in [-0.39, 0.29) is 12.3 Å². The van der Waals surface area contributed by atoms with Crippen LogP contribution in [0.15, 0.2) is 0 Å². The quantitative estimate of drug-likeness (QED) is 0.259. The van der Waals surface area contributed by atoms with Crippen molar-refractivity contribution in [3.63, 3.8) is 0 Å². The molecule has 0 rings (SSSR count). The third kappa shape index (κ3) is 4.12. The summed E-state index contributed by atoms with van der Waals surface area (Å²) in [5, 5.41) is 37.3. The zero-order chi connectivity index (χ0) is 14.6. The number of aliphatic hydroxyl groups is 4. The van der Waals surface area contributed by atoms with Gasteiger partial charge >= 0.3 is 10.1 Å². The average molecular weight is 287 g/mol. The summed E-state index contributed by atoms with van der Waals surface area (Å²) in [5.41, 5.74) is -3.96. The average Bonchev–Trinajstić information content (AvgIpc) is 2.26. The molecule has 9 heteroatoms. The van der Waals surface area contributed by atoms with E-state index < -0.39 is 41.2 Å². The summed E-state index contributed by atoms with van der Waals surface area (Å²) in [6.45, 7) is 1.20. The second kappa shape index (κ2) is 6.75. The van der Waals surface area contributed by atoms with Gasteiger partial charge in [-0.1, -0.05) is 13.8 Å². The van der Waals surface area contributed by atoms with Crippen molar-refractivity contribution < 1.29 is 33.4 Å². The lowest BCUT2D eigenvalue weighted by molar-refractivity contribution is -0.121. The zero-order valence-electron chi connectivity index (χ0n) is 10.4. The summed E-state index contributed by atoms with van der Waals surface area (Å²) in [6.07, 6.45) is 0.118. The predicted molar refractivity (Wildman–Crippen MR) is 62.8 cm³/mol. The molecule has 110 valence electrons. The molecule has 1 unspecified atom stereocenters. The Hall–Kier alpha value is -0.290. The van der Waals surface area contributed by atoms with E-state index in [9.17, 15) is 23.7 Å². The lowest BCUT2D eigenvalue weighted by atomic mass is 9.89. The molecule has 18 heavy (non-hydrogen) atoms. The second-order valence-corrected chi connectivity index (χ2v) is 6.04. The van der Waals surface area contributed by atoms with Gasteiger partial charge in [0.15, 0.2) is 0 Å². The Labute approximate surface area is 106 Å². The van der Waals surface area contributed by atoms with Crippen molar-refractivity contribution in [2.75, 3.05) is 19.9 Å². The van der Waals surface area contributed by atoms with Crippen molar-refractivity contribution in [3.05, 3.63) is 0 Å². The van der Waals surface area contributed by atoms with Gasteiger partial charge in [-0.25, -0.2) is 4.90 Å². The Bertz CT molecular complexity index is 339. The summed E-state index contributed by atoms with van der Waals surface area (Å²) in [6, 6.07) is 0. The van der Waals surface area contributed by atoms with Crippen molar-refractivity contribution in [2.45, 2.75) is 31.4 Å². The van der Waals surface area contributed by atoms with Crippen LogP contribution in [0.2, 0.25) is 0 Å². The Kier molecular flexibility index (Phi) is 6.65. The fourth-order valence-electron chi connectivity index (χ4n) is 1.85. The summed E-state index contributed by atoms with van der Waals surface area (Å²) < 4.78 is 30.6. The topological polar surface area (TPSA) is 139 Å². The summed E-state index contributed by atoms with van der Waals surface area (Å²) in [7, 11) is -4.85. The van der Waals surface area contributed by atoms with Crippen LogP contribution in [-0.2, 0) is 10.1 Å². The van der Waals surface area contributed by atoms with Crippen LogP contribution in [0.5, 0.6) is 0 Å². The van der Waals surface area contributed by atoms with E-state index in [1.54, 1.807) is 13.8 Å². The summed E-state index contributed by atoms with van der Waals surface area (Å²) >= 11 is 0. The molecule has 0 saturated carbocycles. The highest BCUT2D eigenvalue weighted by atomic mass is 32.2. The molecule has 0 amide bonds. The van der Waals surface area contributed by atoms with Gasteiger partial charge in [-0.2, -0.15) is 8.42 Å². The molecule has 0 aliphatic heterocycles. The van der Waals surface area contributed by atoms with Crippen LogP contribution in [0.3, 0.4) is 0 Å². The van der Waals surface area contributed by atoms with E-state index in [1.807, 2.05) is 0 Å². The maximum atomic E-state index is 10.9. The normalized spacial score (nSPS) is 15.4. The standard InChI is InChI=1S/C9H21NO7S/c1-7(2)3-9(4-11,5-12)10(6-13)8(14)18(15,16)17/h7-8,11-14H,3-6H2,1-2H3,(H,15,16,17). The Balaban J connectivity index is 5.41. The maximum Gasteiger partial charge on any atom is 0.306 e. The molecule has 5 N–H and O–H groups in total. The molecule has 0 spiro atoms. The Morgan fingerprint density at radius 3 is 1.83 bits per heavy atom. The summed E-state index contributed by atoms with van der Waals surface area (Å²) in [4.78, 5) is 0.544. The van der Waals surface area contributed by atoms with Gasteiger partial charge < -0.3 is 20.4 Å². The first-order chi connectivity index (χ1) is 8.14. The van der Waals surface area contributed by atoms with Crippen LogP contribution in [0.4, 0.5) is 0 Å². The van der Waals surface area contributed by atoms with Crippen molar-refractivity contribution in [1.29, 1.82) is 0 Å². The first kappa shape index (κ1) is 17.7. The van der Waals surface area contributed by atoms with Gasteiger partial charge in [0.1, 0.15) is 0 Å². The van der Waals surface area contributed by atoms with Gasteiger partial charge in [0, 0.05) is 0 Å². The number of nitrogens with zero attached hydrogens (tertiary/aromatic N) is 1. The number of hydrogen-bond acceptors (Lipinski definition) is 7. The Morgan fingerprint density at radius 2 is 1.61 bits per heavy atom. The van der Waals surface area contributed by atoms with Crippen molar-refractivity contribution in [2.24, 2.45) is 5.92 Å². The highest BCUT2D eigenvalue weighted by Crippen LogP contribution is 2.26. The predicted octanol–water partition coefficient (Wildman–Crippen LogP) is -1.83. The highest BCUT2D eigenvalue weighted by molar-refractivity contribution is 7.86. The summed E-state index contributed by atoms with van der Waals surface area (Å²) in [5.74, 6) is -0.0491. The lowest BCUT2D eigenvalue weighted by Crippen LogP contribution is -2.61. The van der Waals surface area contributed by atoms with Gasteiger partial charge in [-0.05, 0) is 12.3 Å². The first-order valence-corrected chi connectivity index (χ1v) is 6.88. The van der Waals surface area contributed by atoms with Crippen LogP contribution in [0.25, 0.3) is 0 Å². The van der Waals surface area contributed by atoms with Crippen molar-refractivity contribution >= 4 is 10.1 Å². The second-order valence-electron chi connectivity index (χ2n) is 4.59. The third-order valence-corrected chi connectivity index (χ3v) is 3.46. The fraction of sp³-hybridized carbons (Fsp3) is 1.00. The van der Waals surface area contributed by atoms with E-state index in [0.717, 1.165) is 0 Å². The molecule has 1 atom stereocenters.